The number of primary amides is 1. The van der Waals surface area contributed by atoms with Gasteiger partial charge in [-0.05, 0) is 37.3 Å². The second-order valence-electron chi connectivity index (χ2n) is 7.43. The number of amides is 1. The van der Waals surface area contributed by atoms with E-state index in [9.17, 15) is 13.2 Å². The molecule has 1 aliphatic carbocycles. The summed E-state index contributed by atoms with van der Waals surface area (Å²) in [6.07, 6.45) is 3.84. The van der Waals surface area contributed by atoms with Crippen LogP contribution >= 0.6 is 0 Å². The first-order valence-electron chi connectivity index (χ1n) is 9.22. The fraction of sp³-hybridized carbons (Fsp3) is 0.444. The van der Waals surface area contributed by atoms with Crippen LogP contribution in [0.25, 0.3) is 0 Å². The van der Waals surface area contributed by atoms with Gasteiger partial charge in [-0.3, -0.25) is 14.5 Å². The van der Waals surface area contributed by atoms with Crippen LogP contribution in [0.4, 0.5) is 11.5 Å². The number of nitrogens with two attached hydrogens (primary N) is 1. The second-order valence-corrected chi connectivity index (χ2v) is 9.39. The van der Waals surface area contributed by atoms with E-state index in [1.54, 1.807) is 12.1 Å². The van der Waals surface area contributed by atoms with E-state index in [2.05, 4.69) is 31.9 Å². The van der Waals surface area contributed by atoms with Gasteiger partial charge in [0.25, 0.3) is 5.91 Å². The lowest BCUT2D eigenvalue weighted by molar-refractivity contribution is 0.0994. The number of carbonyl (C=O) groups excluding carboxylic acids is 1. The Bertz CT molecular complexity index is 1040. The number of anilines is 2. The van der Waals surface area contributed by atoms with E-state index in [1.807, 2.05) is 0 Å². The maximum Gasteiger partial charge on any atom is 0.269 e. The van der Waals surface area contributed by atoms with E-state index < -0.39 is 15.9 Å². The molecule has 28 heavy (non-hydrogen) atoms. The van der Waals surface area contributed by atoms with Crippen molar-refractivity contribution in [3.05, 3.63) is 41.1 Å². The van der Waals surface area contributed by atoms with Gasteiger partial charge in [-0.2, -0.15) is 0 Å². The van der Waals surface area contributed by atoms with Gasteiger partial charge in [0.05, 0.1) is 22.3 Å². The Morgan fingerprint density at radius 3 is 2.86 bits per heavy atom. The molecule has 1 fully saturated rings. The molecule has 1 amide bonds. The summed E-state index contributed by atoms with van der Waals surface area (Å²) in [5.74, 6) is 0.407. The molecule has 4 N–H and O–H groups in total. The average molecular weight is 402 g/mol. The monoisotopic (exact) mass is 402 g/mol. The highest BCUT2D eigenvalue weighted by molar-refractivity contribution is 7.93. The molecule has 1 saturated carbocycles. The topological polar surface area (TPSA) is 140 Å². The number of carbonyl (C=O) groups is 1. The maximum absolute atomic E-state index is 12.1. The van der Waals surface area contributed by atoms with E-state index in [0.717, 1.165) is 18.7 Å². The summed E-state index contributed by atoms with van der Waals surface area (Å²) in [5.41, 5.74) is 7.80. The molecule has 0 radical (unpaired) electrons. The lowest BCUT2D eigenvalue weighted by atomic mass is 10.0. The third kappa shape index (κ3) is 3.91. The predicted molar refractivity (Wildman–Crippen MR) is 105 cm³/mol. The van der Waals surface area contributed by atoms with Gasteiger partial charge in [0.15, 0.2) is 0 Å². The van der Waals surface area contributed by atoms with Crippen LogP contribution in [-0.2, 0) is 22.9 Å². The van der Waals surface area contributed by atoms with Gasteiger partial charge in [-0.25, -0.2) is 18.4 Å². The van der Waals surface area contributed by atoms with Crippen molar-refractivity contribution >= 4 is 27.4 Å². The molecule has 148 valence electrons. The number of rotatable bonds is 6. The normalized spacial score (nSPS) is 18.8. The minimum atomic E-state index is -3.36. The van der Waals surface area contributed by atoms with E-state index >= 15 is 0 Å². The Balaban J connectivity index is 1.62. The Hall–Kier alpha value is -2.75. The Labute approximate surface area is 163 Å². The van der Waals surface area contributed by atoms with E-state index in [-0.39, 0.29) is 17.4 Å². The molecule has 1 aliphatic heterocycles. The molecule has 3 heterocycles. The maximum atomic E-state index is 12.1. The number of hydrogen-bond acceptors (Lipinski definition) is 7. The Morgan fingerprint density at radius 2 is 2.14 bits per heavy atom. The average Bonchev–Trinajstić information content (AvgIpc) is 3.47. The first-order valence-corrected chi connectivity index (χ1v) is 10.8. The van der Waals surface area contributed by atoms with Crippen molar-refractivity contribution in [1.82, 2.24) is 15.0 Å². The molecule has 0 bridgehead atoms. The van der Waals surface area contributed by atoms with Crippen LogP contribution in [0, 0.1) is 5.92 Å². The first-order chi connectivity index (χ1) is 13.3. The smallest absolute Gasteiger partial charge is 0.269 e. The van der Waals surface area contributed by atoms with Crippen LogP contribution in [0.15, 0.2) is 18.3 Å². The minimum Gasteiger partial charge on any atom is -0.368 e. The standard InChI is InChI=1S/C18H22N6O3S/c1-10-6-15-18(21-9-10)23-14(16(22-15)17(19)25)8-12-7-11(4-5-20-12)24-28(26,27)13-2-3-13/h4-5,7,10,13H,2-3,6,8-9H2,1H3,(H2,19,25)(H,20,24)(H,21,23). The first kappa shape index (κ1) is 18.6. The number of sulfonamides is 1. The molecule has 1 atom stereocenters. The second kappa shape index (κ2) is 7.01. The molecule has 2 aromatic heterocycles. The van der Waals surface area contributed by atoms with Crippen molar-refractivity contribution in [2.75, 3.05) is 16.6 Å². The van der Waals surface area contributed by atoms with Gasteiger partial charge in [-0.1, -0.05) is 6.92 Å². The van der Waals surface area contributed by atoms with Crippen molar-refractivity contribution in [2.24, 2.45) is 11.7 Å². The van der Waals surface area contributed by atoms with Gasteiger partial charge < -0.3 is 11.1 Å². The van der Waals surface area contributed by atoms with Crippen molar-refractivity contribution in [3.8, 4) is 0 Å². The van der Waals surface area contributed by atoms with Crippen LogP contribution in [0.2, 0.25) is 0 Å². The van der Waals surface area contributed by atoms with Crippen molar-refractivity contribution in [2.45, 2.75) is 37.9 Å². The van der Waals surface area contributed by atoms with E-state index in [4.69, 9.17) is 5.73 Å². The fourth-order valence-corrected chi connectivity index (χ4v) is 4.60. The highest BCUT2D eigenvalue weighted by Gasteiger charge is 2.35. The summed E-state index contributed by atoms with van der Waals surface area (Å²) in [4.78, 5) is 25.2. The van der Waals surface area contributed by atoms with Gasteiger partial charge in [0.1, 0.15) is 11.5 Å². The van der Waals surface area contributed by atoms with E-state index in [1.165, 1.54) is 6.20 Å². The van der Waals surface area contributed by atoms with Crippen LogP contribution in [0.5, 0.6) is 0 Å². The quantitative estimate of drug-likeness (QED) is 0.656. The fourth-order valence-electron chi connectivity index (χ4n) is 3.22. The van der Waals surface area contributed by atoms with Gasteiger partial charge in [0.2, 0.25) is 10.0 Å². The molecule has 4 rings (SSSR count). The molecule has 0 spiro atoms. The van der Waals surface area contributed by atoms with Gasteiger partial charge >= 0.3 is 0 Å². The SMILES string of the molecule is CC1CNc2nc(Cc3cc(NS(=O)(=O)C4CC4)ccn3)c(C(N)=O)nc2C1. The van der Waals surface area contributed by atoms with E-state index in [0.29, 0.717) is 41.7 Å². The highest BCUT2D eigenvalue weighted by Crippen LogP contribution is 2.30. The molecule has 2 aliphatic rings. The number of aromatic nitrogens is 3. The lowest BCUT2D eigenvalue weighted by Gasteiger charge is -2.22. The molecule has 9 nitrogen and oxygen atoms in total. The highest BCUT2D eigenvalue weighted by atomic mass is 32.2. The zero-order valence-electron chi connectivity index (χ0n) is 15.5. The van der Waals surface area contributed by atoms with Crippen LogP contribution in [0.1, 0.15) is 47.3 Å². The Kier molecular flexibility index (Phi) is 4.66. The third-order valence-corrected chi connectivity index (χ3v) is 6.69. The largest absolute Gasteiger partial charge is 0.368 e. The molecule has 1 unspecified atom stereocenters. The van der Waals surface area contributed by atoms with Crippen LogP contribution in [0.3, 0.4) is 0 Å². The Morgan fingerprint density at radius 1 is 1.36 bits per heavy atom. The zero-order valence-corrected chi connectivity index (χ0v) is 16.3. The van der Waals surface area contributed by atoms with Crippen LogP contribution < -0.4 is 15.8 Å². The third-order valence-electron chi connectivity index (χ3n) is 4.82. The molecule has 2 aromatic rings. The molecule has 0 aromatic carbocycles. The number of pyridine rings is 1. The number of hydrogen-bond donors (Lipinski definition) is 3. The number of fused-ring (bicyclic) bond motifs is 1. The van der Waals surface area contributed by atoms with Crippen molar-refractivity contribution in [1.29, 1.82) is 0 Å². The summed E-state index contributed by atoms with van der Waals surface area (Å²) in [5, 5.41) is 2.91. The lowest BCUT2D eigenvalue weighted by Crippen LogP contribution is -2.26. The minimum absolute atomic E-state index is 0.125. The predicted octanol–water partition coefficient (Wildman–Crippen LogP) is 1.07. The zero-order chi connectivity index (χ0) is 19.9. The van der Waals surface area contributed by atoms with Gasteiger partial charge in [0, 0.05) is 24.9 Å². The summed E-state index contributed by atoms with van der Waals surface area (Å²) >= 11 is 0. The molecular weight excluding hydrogens is 380 g/mol. The van der Waals surface area contributed by atoms with Crippen molar-refractivity contribution in [3.63, 3.8) is 0 Å². The van der Waals surface area contributed by atoms with Crippen LogP contribution in [-0.4, -0.2) is 41.1 Å². The molecule has 10 heteroatoms. The summed E-state index contributed by atoms with van der Waals surface area (Å²) < 4.78 is 26.9. The summed E-state index contributed by atoms with van der Waals surface area (Å²) in [7, 11) is -3.36. The molecule has 0 saturated heterocycles. The summed E-state index contributed by atoms with van der Waals surface area (Å²) in [6, 6.07) is 3.24. The number of nitrogens with one attached hydrogen (secondary N) is 2. The van der Waals surface area contributed by atoms with Crippen molar-refractivity contribution < 1.29 is 13.2 Å². The molecular formula is C18H22N6O3S. The van der Waals surface area contributed by atoms with Gasteiger partial charge in [-0.15, -0.1) is 0 Å². The number of nitrogens with zero attached hydrogens (tertiary/aromatic N) is 3. The summed E-state index contributed by atoms with van der Waals surface area (Å²) in [6.45, 7) is 2.88.